The van der Waals surface area contributed by atoms with Gasteiger partial charge in [0.2, 0.25) is 0 Å². The third kappa shape index (κ3) is 2.68. The zero-order valence-electron chi connectivity index (χ0n) is 8.10. The van der Waals surface area contributed by atoms with Crippen LogP contribution in [-0.2, 0) is 5.92 Å². The average Bonchev–Trinajstić information content (AvgIpc) is 2.75. The molecule has 1 aromatic heterocycles. The highest BCUT2D eigenvalue weighted by molar-refractivity contribution is 7.16. The molecular formula is C10H12ClF2NS. The molecule has 1 saturated heterocycles. The van der Waals surface area contributed by atoms with E-state index < -0.39 is 5.92 Å². The van der Waals surface area contributed by atoms with Gasteiger partial charge in [0.05, 0.1) is 9.21 Å². The van der Waals surface area contributed by atoms with Crippen molar-refractivity contribution < 1.29 is 8.78 Å². The van der Waals surface area contributed by atoms with Crippen LogP contribution >= 0.6 is 22.9 Å². The van der Waals surface area contributed by atoms with Crippen LogP contribution in [0.3, 0.4) is 0 Å². The van der Waals surface area contributed by atoms with Gasteiger partial charge in [-0.15, -0.1) is 11.3 Å². The van der Waals surface area contributed by atoms with Crippen LogP contribution in [0.5, 0.6) is 0 Å². The summed E-state index contributed by atoms with van der Waals surface area (Å²) in [5.41, 5.74) is 0. The minimum atomic E-state index is -2.73. The fourth-order valence-electron chi connectivity index (χ4n) is 1.86. The molecule has 0 saturated carbocycles. The van der Waals surface area contributed by atoms with Crippen molar-refractivity contribution in [2.24, 2.45) is 5.92 Å². The summed E-state index contributed by atoms with van der Waals surface area (Å²) in [6, 6.07) is 2.96. The Morgan fingerprint density at radius 2 is 2.33 bits per heavy atom. The molecule has 1 nitrogen and oxygen atoms in total. The molecule has 1 atom stereocenters. The van der Waals surface area contributed by atoms with E-state index >= 15 is 0 Å². The van der Waals surface area contributed by atoms with Crippen molar-refractivity contribution in [1.29, 1.82) is 0 Å². The molecule has 1 fully saturated rings. The number of alkyl halides is 2. The van der Waals surface area contributed by atoms with Crippen molar-refractivity contribution in [3.8, 4) is 0 Å². The highest BCUT2D eigenvalue weighted by atomic mass is 35.5. The molecule has 2 heterocycles. The van der Waals surface area contributed by atoms with Crippen LogP contribution in [0.2, 0.25) is 4.34 Å². The van der Waals surface area contributed by atoms with E-state index in [0.29, 0.717) is 10.9 Å². The average molecular weight is 252 g/mol. The Balaban J connectivity index is 2.05. The molecule has 1 unspecified atom stereocenters. The number of hydrogen-bond acceptors (Lipinski definition) is 2. The van der Waals surface area contributed by atoms with E-state index in [1.165, 1.54) is 12.1 Å². The summed E-state index contributed by atoms with van der Waals surface area (Å²) in [6.45, 7) is 1.56. The van der Waals surface area contributed by atoms with Gasteiger partial charge in [-0.3, -0.25) is 0 Å². The number of nitrogens with one attached hydrogen (secondary N) is 1. The standard InChI is InChI=1S/C10H12ClF2NS/c11-9-2-1-8(15-9)10(12,13)5-7-3-4-14-6-7/h1-2,7,14H,3-6H2. The van der Waals surface area contributed by atoms with Gasteiger partial charge in [-0.05, 0) is 37.6 Å². The predicted octanol–water partition coefficient (Wildman–Crippen LogP) is 3.49. The van der Waals surface area contributed by atoms with Crippen molar-refractivity contribution in [2.45, 2.75) is 18.8 Å². The van der Waals surface area contributed by atoms with Gasteiger partial charge in [-0.2, -0.15) is 0 Å². The van der Waals surface area contributed by atoms with Gasteiger partial charge in [0.15, 0.2) is 0 Å². The number of hydrogen-bond donors (Lipinski definition) is 1. The quantitative estimate of drug-likeness (QED) is 0.867. The summed E-state index contributed by atoms with van der Waals surface area (Å²) in [5, 5.41) is 3.10. The zero-order chi connectivity index (χ0) is 10.9. The van der Waals surface area contributed by atoms with Crippen molar-refractivity contribution in [2.75, 3.05) is 13.1 Å². The molecule has 1 aliphatic rings. The van der Waals surface area contributed by atoms with E-state index in [1.807, 2.05) is 0 Å². The maximum Gasteiger partial charge on any atom is 0.282 e. The Morgan fingerprint density at radius 1 is 1.53 bits per heavy atom. The van der Waals surface area contributed by atoms with E-state index in [9.17, 15) is 8.78 Å². The molecule has 1 N–H and O–H groups in total. The highest BCUT2D eigenvalue weighted by Gasteiger charge is 2.36. The second kappa shape index (κ2) is 4.36. The predicted molar refractivity (Wildman–Crippen MR) is 58.8 cm³/mol. The normalized spacial score (nSPS) is 22.2. The summed E-state index contributed by atoms with van der Waals surface area (Å²) in [4.78, 5) is 0.0828. The minimum Gasteiger partial charge on any atom is -0.316 e. The molecule has 84 valence electrons. The van der Waals surface area contributed by atoms with Crippen molar-refractivity contribution in [3.63, 3.8) is 0 Å². The molecule has 0 radical (unpaired) electrons. The highest BCUT2D eigenvalue weighted by Crippen LogP contribution is 2.40. The fraction of sp³-hybridized carbons (Fsp3) is 0.600. The molecule has 0 amide bonds. The minimum absolute atomic E-state index is 0.0726. The zero-order valence-corrected chi connectivity index (χ0v) is 9.68. The number of thiophene rings is 1. The molecule has 15 heavy (non-hydrogen) atoms. The van der Waals surface area contributed by atoms with Gasteiger partial charge < -0.3 is 5.32 Å². The first-order valence-corrected chi connectivity index (χ1v) is 6.12. The van der Waals surface area contributed by atoms with E-state index in [4.69, 9.17) is 11.6 Å². The molecule has 1 aromatic rings. The second-order valence-corrected chi connectivity index (χ2v) is 5.59. The van der Waals surface area contributed by atoms with Crippen LogP contribution in [0, 0.1) is 5.92 Å². The molecule has 0 spiro atoms. The van der Waals surface area contributed by atoms with E-state index in [0.717, 1.165) is 24.3 Å². The third-order valence-corrected chi connectivity index (χ3v) is 3.98. The van der Waals surface area contributed by atoms with E-state index in [1.54, 1.807) is 0 Å². The van der Waals surface area contributed by atoms with E-state index in [2.05, 4.69) is 5.32 Å². The lowest BCUT2D eigenvalue weighted by Crippen LogP contribution is -2.19. The second-order valence-electron chi connectivity index (χ2n) is 3.87. The fourth-order valence-corrected chi connectivity index (χ4v) is 2.89. The van der Waals surface area contributed by atoms with Crippen molar-refractivity contribution >= 4 is 22.9 Å². The lowest BCUT2D eigenvalue weighted by atomic mass is 9.99. The summed E-state index contributed by atoms with van der Waals surface area (Å²) in [6.07, 6.45) is 0.769. The Kier molecular flexibility index (Phi) is 3.28. The molecule has 0 bridgehead atoms. The maximum absolute atomic E-state index is 13.7. The Bertz CT molecular complexity index is 334. The van der Waals surface area contributed by atoms with Crippen molar-refractivity contribution in [3.05, 3.63) is 21.3 Å². The van der Waals surface area contributed by atoms with E-state index in [-0.39, 0.29) is 17.2 Å². The van der Waals surface area contributed by atoms with Gasteiger partial charge in [0, 0.05) is 6.42 Å². The molecular weight excluding hydrogens is 240 g/mol. The Hall–Kier alpha value is -0.190. The molecule has 0 aromatic carbocycles. The van der Waals surface area contributed by atoms with Crippen LogP contribution < -0.4 is 5.32 Å². The van der Waals surface area contributed by atoms with Gasteiger partial charge in [-0.25, -0.2) is 8.78 Å². The summed E-state index contributed by atoms with van der Waals surface area (Å²) in [7, 11) is 0. The lowest BCUT2D eigenvalue weighted by Gasteiger charge is -2.18. The summed E-state index contributed by atoms with van der Waals surface area (Å²) >= 11 is 6.63. The van der Waals surface area contributed by atoms with Gasteiger partial charge >= 0.3 is 0 Å². The number of rotatable bonds is 3. The largest absolute Gasteiger partial charge is 0.316 e. The van der Waals surface area contributed by atoms with Crippen molar-refractivity contribution in [1.82, 2.24) is 5.32 Å². The van der Waals surface area contributed by atoms with Crippen LogP contribution in [0.25, 0.3) is 0 Å². The first-order chi connectivity index (χ1) is 7.08. The van der Waals surface area contributed by atoms with Crippen LogP contribution in [0.15, 0.2) is 12.1 Å². The third-order valence-electron chi connectivity index (χ3n) is 2.64. The first kappa shape index (κ1) is 11.3. The van der Waals surface area contributed by atoms with Gasteiger partial charge in [0.25, 0.3) is 5.92 Å². The molecule has 0 aliphatic carbocycles. The Labute approximate surface area is 96.4 Å². The monoisotopic (exact) mass is 251 g/mol. The van der Waals surface area contributed by atoms with Crippen LogP contribution in [-0.4, -0.2) is 13.1 Å². The smallest absolute Gasteiger partial charge is 0.282 e. The summed E-state index contributed by atoms with van der Waals surface area (Å²) in [5.74, 6) is -2.64. The first-order valence-electron chi connectivity index (χ1n) is 4.92. The van der Waals surface area contributed by atoms with Gasteiger partial charge in [0.1, 0.15) is 0 Å². The van der Waals surface area contributed by atoms with Gasteiger partial charge in [-0.1, -0.05) is 11.6 Å². The maximum atomic E-state index is 13.7. The van der Waals surface area contributed by atoms with Crippen LogP contribution in [0.1, 0.15) is 17.7 Å². The lowest BCUT2D eigenvalue weighted by molar-refractivity contribution is -0.0231. The number of halogens is 3. The SMILES string of the molecule is FC(F)(CC1CCNC1)c1ccc(Cl)s1. The molecule has 2 rings (SSSR count). The van der Waals surface area contributed by atoms with Crippen LogP contribution in [0.4, 0.5) is 8.78 Å². The molecule has 5 heteroatoms. The molecule has 1 aliphatic heterocycles. The summed E-state index contributed by atoms with van der Waals surface area (Å²) < 4.78 is 27.9. The topological polar surface area (TPSA) is 12.0 Å². The Morgan fingerprint density at radius 3 is 2.87 bits per heavy atom.